The maximum Gasteiger partial charge on any atom is 0.262 e. The Bertz CT molecular complexity index is 556. The molecule has 1 rings (SSSR count). The number of benzene rings is 1. The van der Waals surface area contributed by atoms with Gasteiger partial charge in [0.2, 0.25) is 0 Å². The summed E-state index contributed by atoms with van der Waals surface area (Å²) in [6, 6.07) is 6.37. The van der Waals surface area contributed by atoms with E-state index >= 15 is 0 Å². The van der Waals surface area contributed by atoms with Crippen LogP contribution in [0.1, 0.15) is 5.56 Å². The molecule has 0 aromatic heterocycles. The van der Waals surface area contributed by atoms with Crippen LogP contribution in [0.2, 0.25) is 0 Å². The van der Waals surface area contributed by atoms with Crippen molar-refractivity contribution in [1.29, 1.82) is 5.26 Å². The number of amides is 1. The number of ether oxygens (including phenoxy) is 1. The molecule has 0 saturated carbocycles. The molecule has 19 heavy (non-hydrogen) atoms. The minimum atomic E-state index is -0.477. The van der Waals surface area contributed by atoms with Gasteiger partial charge in [-0.3, -0.25) is 4.79 Å². The molecule has 0 saturated heterocycles. The second-order valence-electron chi connectivity index (χ2n) is 3.60. The maximum absolute atomic E-state index is 11.6. The van der Waals surface area contributed by atoms with Crippen LogP contribution in [0, 0.1) is 11.3 Å². The highest BCUT2D eigenvalue weighted by atomic mass is 16.5. The lowest BCUT2D eigenvalue weighted by Crippen LogP contribution is -2.24. The van der Waals surface area contributed by atoms with Gasteiger partial charge in [-0.05, 0) is 23.8 Å². The lowest BCUT2D eigenvalue weighted by molar-refractivity contribution is -0.116. The number of hydrogen-bond acceptors (Lipinski definition) is 4. The zero-order valence-electron chi connectivity index (χ0n) is 10.5. The van der Waals surface area contributed by atoms with Crippen molar-refractivity contribution in [3.8, 4) is 17.6 Å². The molecular weight excluding hydrogens is 244 g/mol. The molecule has 5 heteroatoms. The number of phenolic OH excluding ortho intramolecular Hbond substituents is 1. The average molecular weight is 258 g/mol. The van der Waals surface area contributed by atoms with E-state index in [9.17, 15) is 9.90 Å². The van der Waals surface area contributed by atoms with Crippen molar-refractivity contribution in [1.82, 2.24) is 5.32 Å². The van der Waals surface area contributed by atoms with Gasteiger partial charge in [-0.2, -0.15) is 5.26 Å². The molecule has 1 aromatic carbocycles. The highest BCUT2D eigenvalue weighted by Crippen LogP contribution is 2.27. The fraction of sp³-hybridized carbons (Fsp3) is 0.143. The Morgan fingerprint density at radius 1 is 1.63 bits per heavy atom. The summed E-state index contributed by atoms with van der Waals surface area (Å²) in [5.41, 5.74) is 0.551. The molecule has 0 heterocycles. The third-order valence-corrected chi connectivity index (χ3v) is 2.29. The van der Waals surface area contributed by atoms with E-state index in [1.54, 1.807) is 6.07 Å². The third-order valence-electron chi connectivity index (χ3n) is 2.29. The van der Waals surface area contributed by atoms with Gasteiger partial charge in [-0.1, -0.05) is 12.1 Å². The summed E-state index contributed by atoms with van der Waals surface area (Å²) in [7, 11) is 1.42. The van der Waals surface area contributed by atoms with Gasteiger partial charge in [0.15, 0.2) is 11.5 Å². The third kappa shape index (κ3) is 3.89. The molecular formula is C14H14N2O3. The summed E-state index contributed by atoms with van der Waals surface area (Å²) in [6.45, 7) is 3.76. The number of aromatic hydroxyl groups is 1. The van der Waals surface area contributed by atoms with Gasteiger partial charge in [-0.15, -0.1) is 6.58 Å². The highest BCUT2D eigenvalue weighted by molar-refractivity contribution is 6.01. The van der Waals surface area contributed by atoms with Crippen molar-refractivity contribution in [3.05, 3.63) is 42.0 Å². The Labute approximate surface area is 111 Å². The highest BCUT2D eigenvalue weighted by Gasteiger charge is 2.08. The second kappa shape index (κ2) is 6.87. The van der Waals surface area contributed by atoms with Crippen LogP contribution in [0.5, 0.6) is 11.5 Å². The first kappa shape index (κ1) is 14.3. The topological polar surface area (TPSA) is 82.4 Å². The molecule has 0 aliphatic rings. The van der Waals surface area contributed by atoms with Crippen LogP contribution >= 0.6 is 0 Å². The Balaban J connectivity index is 3.01. The van der Waals surface area contributed by atoms with Crippen molar-refractivity contribution in [2.75, 3.05) is 13.7 Å². The standard InChI is InChI=1S/C14H14N2O3/c1-3-6-16-14(18)11(9-15)7-10-4-5-12(17)13(8-10)19-2/h3-5,7-8,17H,1,6H2,2H3,(H,16,18). The summed E-state index contributed by atoms with van der Waals surface area (Å²) in [6.07, 6.45) is 2.94. The van der Waals surface area contributed by atoms with E-state index < -0.39 is 5.91 Å². The van der Waals surface area contributed by atoms with Crippen LogP contribution in [-0.4, -0.2) is 24.7 Å². The number of methoxy groups -OCH3 is 1. The molecule has 0 radical (unpaired) electrons. The monoisotopic (exact) mass is 258 g/mol. The lowest BCUT2D eigenvalue weighted by atomic mass is 10.1. The first-order valence-electron chi connectivity index (χ1n) is 5.50. The maximum atomic E-state index is 11.6. The van der Waals surface area contributed by atoms with Crippen LogP contribution in [0.15, 0.2) is 36.4 Å². The van der Waals surface area contributed by atoms with Crippen molar-refractivity contribution in [3.63, 3.8) is 0 Å². The number of carbonyl (C=O) groups is 1. The van der Waals surface area contributed by atoms with Gasteiger partial charge in [0.1, 0.15) is 11.6 Å². The number of nitrogens with zero attached hydrogens (tertiary/aromatic N) is 1. The van der Waals surface area contributed by atoms with E-state index in [1.165, 1.54) is 31.4 Å². The minimum Gasteiger partial charge on any atom is -0.504 e. The molecule has 2 N–H and O–H groups in total. The molecule has 0 fully saturated rings. The summed E-state index contributed by atoms with van der Waals surface area (Å²) >= 11 is 0. The van der Waals surface area contributed by atoms with Gasteiger partial charge >= 0.3 is 0 Å². The Kier molecular flexibility index (Phi) is 5.17. The summed E-state index contributed by atoms with van der Waals surface area (Å²) < 4.78 is 4.95. The lowest BCUT2D eigenvalue weighted by Gasteiger charge is -2.04. The first-order valence-corrected chi connectivity index (χ1v) is 5.50. The first-order chi connectivity index (χ1) is 9.12. The minimum absolute atomic E-state index is 0.00531. The van der Waals surface area contributed by atoms with Crippen LogP contribution in [0.3, 0.4) is 0 Å². The van der Waals surface area contributed by atoms with E-state index in [-0.39, 0.29) is 23.6 Å². The van der Waals surface area contributed by atoms with Gasteiger partial charge in [-0.25, -0.2) is 0 Å². The Morgan fingerprint density at radius 2 is 2.37 bits per heavy atom. The quantitative estimate of drug-likeness (QED) is 0.477. The summed E-state index contributed by atoms with van der Waals surface area (Å²) in [4.78, 5) is 11.6. The van der Waals surface area contributed by atoms with E-state index in [4.69, 9.17) is 10.00 Å². The smallest absolute Gasteiger partial charge is 0.262 e. The molecule has 0 spiro atoms. The largest absolute Gasteiger partial charge is 0.504 e. The van der Waals surface area contributed by atoms with Gasteiger partial charge in [0.05, 0.1) is 7.11 Å². The number of nitriles is 1. The van der Waals surface area contributed by atoms with Crippen molar-refractivity contribution in [2.24, 2.45) is 0 Å². The predicted octanol–water partition coefficient (Wildman–Crippen LogP) is 1.61. The second-order valence-corrected chi connectivity index (χ2v) is 3.60. The molecule has 1 aromatic rings. The molecule has 98 valence electrons. The number of nitrogens with one attached hydrogen (secondary N) is 1. The zero-order valence-corrected chi connectivity index (χ0v) is 10.5. The summed E-state index contributed by atoms with van der Waals surface area (Å²) in [5.74, 6) is -0.207. The van der Waals surface area contributed by atoms with Gasteiger partial charge in [0, 0.05) is 6.54 Å². The fourth-order valence-electron chi connectivity index (χ4n) is 1.36. The van der Waals surface area contributed by atoms with Crippen LogP contribution in [-0.2, 0) is 4.79 Å². The molecule has 5 nitrogen and oxygen atoms in total. The molecule has 0 aliphatic carbocycles. The van der Waals surface area contributed by atoms with Crippen molar-refractivity contribution >= 4 is 12.0 Å². The zero-order chi connectivity index (χ0) is 14.3. The number of phenols is 1. The Hall–Kier alpha value is -2.74. The van der Waals surface area contributed by atoms with Crippen LogP contribution < -0.4 is 10.1 Å². The molecule has 0 bridgehead atoms. The molecule has 0 atom stereocenters. The predicted molar refractivity (Wildman–Crippen MR) is 71.5 cm³/mol. The number of carbonyl (C=O) groups excluding carboxylic acids is 1. The van der Waals surface area contributed by atoms with Crippen LogP contribution in [0.4, 0.5) is 0 Å². The van der Waals surface area contributed by atoms with Crippen LogP contribution in [0.25, 0.3) is 6.08 Å². The SMILES string of the molecule is C=CCNC(=O)C(C#N)=Cc1ccc(O)c(OC)c1. The van der Waals surface area contributed by atoms with Gasteiger partial charge < -0.3 is 15.2 Å². The fourth-order valence-corrected chi connectivity index (χ4v) is 1.36. The Morgan fingerprint density at radius 3 is 2.95 bits per heavy atom. The van der Waals surface area contributed by atoms with Gasteiger partial charge in [0.25, 0.3) is 5.91 Å². The average Bonchev–Trinajstić information content (AvgIpc) is 2.43. The van der Waals surface area contributed by atoms with E-state index in [0.29, 0.717) is 5.56 Å². The molecule has 0 unspecified atom stereocenters. The number of hydrogen-bond donors (Lipinski definition) is 2. The van der Waals surface area contributed by atoms with Crippen molar-refractivity contribution < 1.29 is 14.6 Å². The van der Waals surface area contributed by atoms with E-state index in [2.05, 4.69) is 11.9 Å². The van der Waals surface area contributed by atoms with E-state index in [0.717, 1.165) is 0 Å². The number of rotatable bonds is 5. The molecule has 0 aliphatic heterocycles. The molecule has 1 amide bonds. The summed E-state index contributed by atoms with van der Waals surface area (Å²) in [5, 5.41) is 20.9. The van der Waals surface area contributed by atoms with Crippen molar-refractivity contribution in [2.45, 2.75) is 0 Å². The van der Waals surface area contributed by atoms with E-state index in [1.807, 2.05) is 6.07 Å². The normalized spacial score (nSPS) is 10.4.